The van der Waals surface area contributed by atoms with E-state index in [4.69, 9.17) is 4.74 Å². The van der Waals surface area contributed by atoms with Gasteiger partial charge in [-0.25, -0.2) is 8.42 Å². The van der Waals surface area contributed by atoms with Gasteiger partial charge in [0.05, 0.1) is 17.3 Å². The van der Waals surface area contributed by atoms with Crippen LogP contribution in [0, 0.1) is 11.8 Å². The van der Waals surface area contributed by atoms with Gasteiger partial charge in [0.1, 0.15) is 0 Å². The molecular formula is C17H25NO4S. The van der Waals surface area contributed by atoms with Gasteiger partial charge in [-0.1, -0.05) is 13.8 Å². The van der Waals surface area contributed by atoms with E-state index in [0.29, 0.717) is 17.4 Å². The minimum absolute atomic E-state index is 0.0239. The zero-order valence-electron chi connectivity index (χ0n) is 14.0. The van der Waals surface area contributed by atoms with Crippen LogP contribution in [-0.2, 0) is 14.6 Å². The van der Waals surface area contributed by atoms with E-state index in [0.717, 1.165) is 19.5 Å². The minimum Gasteiger partial charge on any atom is -0.384 e. The molecule has 1 aliphatic rings. The van der Waals surface area contributed by atoms with E-state index in [1.807, 2.05) is 4.90 Å². The van der Waals surface area contributed by atoms with Crippen molar-refractivity contribution in [1.82, 2.24) is 4.90 Å². The quantitative estimate of drug-likeness (QED) is 0.825. The summed E-state index contributed by atoms with van der Waals surface area (Å²) in [5.41, 5.74) is 0.539. The molecule has 5 nitrogen and oxygen atoms in total. The third-order valence-electron chi connectivity index (χ3n) is 4.17. The molecule has 1 amide bonds. The summed E-state index contributed by atoms with van der Waals surface area (Å²) in [6.45, 7) is 5.99. The van der Waals surface area contributed by atoms with Crippen molar-refractivity contribution in [3.8, 4) is 0 Å². The lowest BCUT2D eigenvalue weighted by molar-refractivity contribution is 0.0623. The average Bonchev–Trinajstić information content (AvgIpc) is 2.51. The van der Waals surface area contributed by atoms with Crippen LogP contribution in [0.15, 0.2) is 29.2 Å². The smallest absolute Gasteiger partial charge is 0.253 e. The highest BCUT2D eigenvalue weighted by Crippen LogP contribution is 2.23. The Balaban J connectivity index is 2.11. The number of nitrogens with zero attached hydrogens (tertiary/aromatic N) is 1. The van der Waals surface area contributed by atoms with Gasteiger partial charge in [0.15, 0.2) is 9.84 Å². The van der Waals surface area contributed by atoms with Crippen LogP contribution < -0.4 is 0 Å². The number of benzene rings is 1. The van der Waals surface area contributed by atoms with Gasteiger partial charge in [-0.3, -0.25) is 4.79 Å². The summed E-state index contributed by atoms with van der Waals surface area (Å²) in [5, 5.41) is 0. The number of hydrogen-bond acceptors (Lipinski definition) is 4. The number of sulfone groups is 1. The van der Waals surface area contributed by atoms with Crippen LogP contribution in [-0.4, -0.2) is 51.8 Å². The third kappa shape index (κ3) is 4.54. The number of hydrogen-bond donors (Lipinski definition) is 0. The van der Waals surface area contributed by atoms with Gasteiger partial charge in [-0.15, -0.1) is 0 Å². The molecule has 0 aliphatic carbocycles. The number of likely N-dealkylation sites (tertiary alicyclic amines) is 1. The Hall–Kier alpha value is -1.40. The first kappa shape index (κ1) is 17.9. The summed E-state index contributed by atoms with van der Waals surface area (Å²) < 4.78 is 29.0. The molecule has 1 heterocycles. The van der Waals surface area contributed by atoms with Crippen molar-refractivity contribution < 1.29 is 17.9 Å². The van der Waals surface area contributed by atoms with E-state index in [1.54, 1.807) is 12.1 Å². The molecule has 128 valence electrons. The lowest BCUT2D eigenvalue weighted by atomic mass is 9.91. The van der Waals surface area contributed by atoms with Crippen molar-refractivity contribution in [3.63, 3.8) is 0 Å². The van der Waals surface area contributed by atoms with Gasteiger partial charge >= 0.3 is 0 Å². The molecule has 0 radical (unpaired) electrons. The van der Waals surface area contributed by atoms with Crippen LogP contribution in [0.2, 0.25) is 0 Å². The van der Waals surface area contributed by atoms with Crippen LogP contribution in [0.3, 0.4) is 0 Å². The van der Waals surface area contributed by atoms with Gasteiger partial charge in [0.2, 0.25) is 0 Å². The molecular weight excluding hydrogens is 314 g/mol. The molecule has 0 bridgehead atoms. The fraction of sp³-hybridized carbons (Fsp3) is 0.588. The fourth-order valence-electron chi connectivity index (χ4n) is 3.13. The van der Waals surface area contributed by atoms with Gasteiger partial charge < -0.3 is 9.64 Å². The van der Waals surface area contributed by atoms with Crippen LogP contribution in [0.5, 0.6) is 0 Å². The zero-order valence-corrected chi connectivity index (χ0v) is 14.8. The Kier molecular flexibility index (Phi) is 5.81. The largest absolute Gasteiger partial charge is 0.384 e. The first-order valence-electron chi connectivity index (χ1n) is 7.94. The third-order valence-corrected chi connectivity index (χ3v) is 5.87. The topological polar surface area (TPSA) is 63.7 Å². The lowest BCUT2D eigenvalue weighted by Crippen LogP contribution is -2.42. The predicted octanol–water partition coefficient (Wildman–Crippen LogP) is 2.22. The average molecular weight is 339 g/mol. The molecule has 0 unspecified atom stereocenters. The van der Waals surface area contributed by atoms with Crippen molar-refractivity contribution in [2.24, 2.45) is 11.8 Å². The molecule has 2 atom stereocenters. The van der Waals surface area contributed by atoms with Crippen molar-refractivity contribution in [2.45, 2.75) is 25.2 Å². The second-order valence-corrected chi connectivity index (χ2v) is 8.60. The maximum atomic E-state index is 12.6. The Labute approximate surface area is 138 Å². The molecule has 2 rings (SSSR count). The van der Waals surface area contributed by atoms with Crippen LogP contribution in [0.1, 0.15) is 30.6 Å². The summed E-state index contributed by atoms with van der Waals surface area (Å²) in [4.78, 5) is 14.7. The standard InChI is InChI=1S/C17H25NO4S/c1-13-10-14(2)12-18(11-13)17(19)15-4-6-16(7-5-15)23(20,21)9-8-22-3/h4-7,13-14H,8-12H2,1-3H3/t13-,14-/m0/s1. The number of ether oxygens (including phenoxy) is 1. The summed E-state index contributed by atoms with van der Waals surface area (Å²) in [7, 11) is -1.89. The second-order valence-electron chi connectivity index (χ2n) is 6.49. The Morgan fingerprint density at radius 3 is 2.26 bits per heavy atom. The minimum atomic E-state index is -3.36. The fourth-order valence-corrected chi connectivity index (χ4v) is 4.30. The first-order valence-corrected chi connectivity index (χ1v) is 9.59. The van der Waals surface area contributed by atoms with E-state index >= 15 is 0 Å². The molecule has 6 heteroatoms. The highest BCUT2D eigenvalue weighted by atomic mass is 32.2. The molecule has 0 saturated carbocycles. The monoisotopic (exact) mass is 339 g/mol. The van der Waals surface area contributed by atoms with Crippen molar-refractivity contribution in [3.05, 3.63) is 29.8 Å². The summed E-state index contributed by atoms with van der Waals surface area (Å²) >= 11 is 0. The van der Waals surface area contributed by atoms with Crippen molar-refractivity contribution in [1.29, 1.82) is 0 Å². The summed E-state index contributed by atoms with van der Waals surface area (Å²) in [5.74, 6) is 0.912. The molecule has 0 N–H and O–H groups in total. The van der Waals surface area contributed by atoms with Crippen LogP contribution in [0.25, 0.3) is 0 Å². The van der Waals surface area contributed by atoms with Crippen LogP contribution >= 0.6 is 0 Å². The molecule has 1 saturated heterocycles. The van der Waals surface area contributed by atoms with E-state index in [2.05, 4.69) is 13.8 Å². The first-order chi connectivity index (χ1) is 10.8. The second kappa shape index (κ2) is 7.45. The Morgan fingerprint density at radius 1 is 1.17 bits per heavy atom. The molecule has 1 aliphatic heterocycles. The van der Waals surface area contributed by atoms with Crippen molar-refractivity contribution in [2.75, 3.05) is 32.6 Å². The lowest BCUT2D eigenvalue weighted by Gasteiger charge is -2.35. The van der Waals surface area contributed by atoms with E-state index in [1.165, 1.54) is 19.2 Å². The maximum Gasteiger partial charge on any atom is 0.253 e. The Morgan fingerprint density at radius 2 is 1.74 bits per heavy atom. The Bertz CT molecular complexity index is 629. The number of piperidine rings is 1. The van der Waals surface area contributed by atoms with Gasteiger partial charge in [0.25, 0.3) is 5.91 Å². The number of carbonyl (C=O) groups excluding carboxylic acids is 1. The molecule has 0 aromatic heterocycles. The molecule has 1 aromatic rings. The summed E-state index contributed by atoms with van der Waals surface area (Å²) in [6, 6.07) is 6.22. The molecule has 0 spiro atoms. The van der Waals surface area contributed by atoms with E-state index in [-0.39, 0.29) is 23.2 Å². The van der Waals surface area contributed by atoms with E-state index in [9.17, 15) is 13.2 Å². The normalized spacial score (nSPS) is 22.1. The number of amides is 1. The number of methoxy groups -OCH3 is 1. The van der Waals surface area contributed by atoms with Gasteiger partial charge in [-0.05, 0) is 42.5 Å². The molecule has 23 heavy (non-hydrogen) atoms. The summed E-state index contributed by atoms with van der Waals surface area (Å²) in [6.07, 6.45) is 1.14. The van der Waals surface area contributed by atoms with Crippen LogP contribution in [0.4, 0.5) is 0 Å². The molecule has 1 fully saturated rings. The highest BCUT2D eigenvalue weighted by molar-refractivity contribution is 7.91. The van der Waals surface area contributed by atoms with Gasteiger partial charge in [-0.2, -0.15) is 0 Å². The SMILES string of the molecule is COCCS(=O)(=O)c1ccc(C(=O)N2C[C@@H](C)C[C@H](C)C2)cc1. The number of rotatable bonds is 5. The predicted molar refractivity (Wildman–Crippen MR) is 89.2 cm³/mol. The van der Waals surface area contributed by atoms with E-state index < -0.39 is 9.84 Å². The molecule has 1 aromatic carbocycles. The van der Waals surface area contributed by atoms with Crippen molar-refractivity contribution >= 4 is 15.7 Å². The highest BCUT2D eigenvalue weighted by Gasteiger charge is 2.26. The zero-order chi connectivity index (χ0) is 17.0. The van der Waals surface area contributed by atoms with Gasteiger partial charge in [0, 0.05) is 25.8 Å². The maximum absolute atomic E-state index is 12.6. The number of carbonyl (C=O) groups is 1.